The normalized spacial score (nSPS) is 14.6. The van der Waals surface area contributed by atoms with Gasteiger partial charge in [0, 0.05) is 29.9 Å². The summed E-state index contributed by atoms with van der Waals surface area (Å²) in [6.07, 6.45) is 4.84. The van der Waals surface area contributed by atoms with E-state index in [2.05, 4.69) is 11.2 Å². The highest BCUT2D eigenvalue weighted by Gasteiger charge is 2.21. The molecule has 160 valence electrons. The summed E-state index contributed by atoms with van der Waals surface area (Å²) in [7, 11) is 0. The van der Waals surface area contributed by atoms with Crippen molar-refractivity contribution in [1.82, 2.24) is 19.2 Å². The molecule has 1 amide bonds. The number of thiophene rings is 1. The standard InChI is InChI=1S/C23H23FN4O2S/c1-15-11-19-22(31-15)18-12-25-28(14-20(29)26-9-3-2-4-10-26)23(30)21(18)27(19)13-16-5-7-17(24)8-6-16/h5-8,11-12H,2-4,9-10,13-14H2,1H3. The Morgan fingerprint density at radius 1 is 1.16 bits per heavy atom. The molecule has 4 heterocycles. The van der Waals surface area contributed by atoms with Gasteiger partial charge in [-0.05, 0) is 49.9 Å². The monoisotopic (exact) mass is 438 g/mol. The second kappa shape index (κ2) is 7.92. The van der Waals surface area contributed by atoms with Gasteiger partial charge >= 0.3 is 0 Å². The lowest BCUT2D eigenvalue weighted by Crippen LogP contribution is -2.40. The Morgan fingerprint density at radius 3 is 2.65 bits per heavy atom. The molecule has 1 fully saturated rings. The zero-order valence-electron chi connectivity index (χ0n) is 17.3. The Balaban J connectivity index is 1.59. The number of amides is 1. The fourth-order valence-corrected chi connectivity index (χ4v) is 5.37. The SMILES string of the molecule is Cc1cc2c(s1)c1cnn(CC(=O)N3CCCCC3)c(=O)c1n2Cc1ccc(F)cc1. The minimum absolute atomic E-state index is 0.0524. The number of piperidine rings is 1. The van der Waals surface area contributed by atoms with Crippen molar-refractivity contribution in [3.05, 3.63) is 63.1 Å². The van der Waals surface area contributed by atoms with Crippen molar-refractivity contribution >= 4 is 38.4 Å². The molecule has 0 unspecified atom stereocenters. The van der Waals surface area contributed by atoms with Crippen LogP contribution in [0.25, 0.3) is 21.1 Å². The molecule has 8 heteroatoms. The number of likely N-dealkylation sites (tertiary alicyclic amines) is 1. The molecule has 0 atom stereocenters. The van der Waals surface area contributed by atoms with Crippen LogP contribution in [-0.4, -0.2) is 38.2 Å². The third-order valence-electron chi connectivity index (χ3n) is 5.91. The van der Waals surface area contributed by atoms with Gasteiger partial charge in [0.25, 0.3) is 5.56 Å². The Morgan fingerprint density at radius 2 is 1.90 bits per heavy atom. The number of aromatic nitrogens is 3. The van der Waals surface area contributed by atoms with Crippen molar-refractivity contribution < 1.29 is 9.18 Å². The highest BCUT2D eigenvalue weighted by Crippen LogP contribution is 2.34. The van der Waals surface area contributed by atoms with Crippen molar-refractivity contribution in [2.45, 2.75) is 39.3 Å². The highest BCUT2D eigenvalue weighted by molar-refractivity contribution is 7.20. The zero-order valence-corrected chi connectivity index (χ0v) is 18.1. The van der Waals surface area contributed by atoms with Gasteiger partial charge in [0.05, 0.1) is 16.4 Å². The van der Waals surface area contributed by atoms with E-state index in [4.69, 9.17) is 0 Å². The molecular formula is C23H23FN4O2S. The van der Waals surface area contributed by atoms with E-state index in [1.807, 2.05) is 16.4 Å². The Bertz CT molecular complexity index is 1330. The van der Waals surface area contributed by atoms with Crippen LogP contribution in [0.3, 0.4) is 0 Å². The van der Waals surface area contributed by atoms with E-state index in [1.54, 1.807) is 29.7 Å². The largest absolute Gasteiger partial charge is 0.341 e. The van der Waals surface area contributed by atoms with Crippen LogP contribution in [0.2, 0.25) is 0 Å². The zero-order chi connectivity index (χ0) is 21.5. The molecule has 3 aromatic heterocycles. The molecule has 31 heavy (non-hydrogen) atoms. The predicted octanol–water partition coefficient (Wildman–Crippen LogP) is 3.92. The molecule has 5 rings (SSSR count). The lowest BCUT2D eigenvalue weighted by atomic mass is 10.1. The van der Waals surface area contributed by atoms with Crippen LogP contribution in [0, 0.1) is 12.7 Å². The minimum atomic E-state index is -0.291. The molecule has 4 aromatic rings. The third kappa shape index (κ3) is 3.65. The van der Waals surface area contributed by atoms with Crippen molar-refractivity contribution in [2.24, 2.45) is 0 Å². The van der Waals surface area contributed by atoms with E-state index in [9.17, 15) is 14.0 Å². The summed E-state index contributed by atoms with van der Waals surface area (Å²) in [6, 6.07) is 8.37. The molecule has 0 aliphatic carbocycles. The summed E-state index contributed by atoms with van der Waals surface area (Å²) in [6.45, 7) is 3.90. The van der Waals surface area contributed by atoms with Gasteiger partial charge in [0.15, 0.2) is 0 Å². The fraction of sp³-hybridized carbons (Fsp3) is 0.348. The second-order valence-corrected chi connectivity index (χ2v) is 9.35. The molecule has 1 saturated heterocycles. The number of carbonyl (C=O) groups is 1. The van der Waals surface area contributed by atoms with Gasteiger partial charge in [-0.15, -0.1) is 11.3 Å². The quantitative estimate of drug-likeness (QED) is 0.485. The lowest BCUT2D eigenvalue weighted by Gasteiger charge is -2.26. The van der Waals surface area contributed by atoms with Crippen LogP contribution in [0.5, 0.6) is 0 Å². The van der Waals surface area contributed by atoms with Crippen molar-refractivity contribution in [3.8, 4) is 0 Å². The maximum atomic E-state index is 13.4. The van der Waals surface area contributed by atoms with Gasteiger partial charge in [0.2, 0.25) is 5.91 Å². The number of benzene rings is 1. The molecule has 6 nitrogen and oxygen atoms in total. The molecular weight excluding hydrogens is 415 g/mol. The first kappa shape index (κ1) is 19.9. The summed E-state index contributed by atoms with van der Waals surface area (Å²) in [5.74, 6) is -0.358. The second-order valence-electron chi connectivity index (χ2n) is 8.10. The van der Waals surface area contributed by atoms with Gasteiger partial charge in [-0.25, -0.2) is 9.07 Å². The number of nitrogens with zero attached hydrogens (tertiary/aromatic N) is 4. The number of fused-ring (bicyclic) bond motifs is 3. The van der Waals surface area contributed by atoms with Crippen LogP contribution in [-0.2, 0) is 17.9 Å². The Kier molecular flexibility index (Phi) is 5.09. The first-order chi connectivity index (χ1) is 15.0. The summed E-state index contributed by atoms with van der Waals surface area (Å²) in [5.41, 5.74) is 2.12. The molecule has 0 spiro atoms. The molecule has 1 aliphatic rings. The number of rotatable bonds is 4. The van der Waals surface area contributed by atoms with Crippen molar-refractivity contribution in [3.63, 3.8) is 0 Å². The average Bonchev–Trinajstić information content (AvgIpc) is 3.28. The van der Waals surface area contributed by atoms with E-state index in [-0.39, 0.29) is 23.8 Å². The maximum Gasteiger partial charge on any atom is 0.291 e. The first-order valence-corrected chi connectivity index (χ1v) is 11.3. The summed E-state index contributed by atoms with van der Waals surface area (Å²) >= 11 is 1.62. The number of halogens is 1. The van der Waals surface area contributed by atoms with E-state index in [0.717, 1.165) is 58.4 Å². The van der Waals surface area contributed by atoms with E-state index >= 15 is 0 Å². The molecule has 1 aliphatic heterocycles. The number of aryl methyl sites for hydroxylation is 1. The Hall–Kier alpha value is -3.00. The van der Waals surface area contributed by atoms with Gasteiger partial charge in [0.1, 0.15) is 17.9 Å². The maximum absolute atomic E-state index is 13.4. The number of hydrogen-bond donors (Lipinski definition) is 0. The van der Waals surface area contributed by atoms with Crippen molar-refractivity contribution in [2.75, 3.05) is 13.1 Å². The van der Waals surface area contributed by atoms with Crippen LogP contribution in [0.4, 0.5) is 4.39 Å². The highest BCUT2D eigenvalue weighted by atomic mass is 32.1. The van der Waals surface area contributed by atoms with E-state index in [1.165, 1.54) is 16.8 Å². The number of hydrogen-bond acceptors (Lipinski definition) is 4. The van der Waals surface area contributed by atoms with Crippen LogP contribution >= 0.6 is 11.3 Å². The predicted molar refractivity (Wildman–Crippen MR) is 120 cm³/mol. The van der Waals surface area contributed by atoms with Crippen molar-refractivity contribution in [1.29, 1.82) is 0 Å². The third-order valence-corrected chi connectivity index (χ3v) is 6.98. The smallest absolute Gasteiger partial charge is 0.291 e. The van der Waals surface area contributed by atoms with Crippen LogP contribution in [0.1, 0.15) is 29.7 Å². The summed E-state index contributed by atoms with van der Waals surface area (Å²) in [5, 5.41) is 5.13. The average molecular weight is 439 g/mol. The van der Waals surface area contributed by atoms with E-state index in [0.29, 0.717) is 12.1 Å². The van der Waals surface area contributed by atoms with E-state index < -0.39 is 0 Å². The molecule has 0 radical (unpaired) electrons. The minimum Gasteiger partial charge on any atom is -0.341 e. The van der Waals surface area contributed by atoms with Gasteiger partial charge in [-0.2, -0.15) is 5.10 Å². The van der Waals surface area contributed by atoms with Crippen LogP contribution in [0.15, 0.2) is 41.3 Å². The molecule has 0 N–H and O–H groups in total. The van der Waals surface area contributed by atoms with Gasteiger partial charge < -0.3 is 9.47 Å². The molecule has 0 bridgehead atoms. The summed E-state index contributed by atoms with van der Waals surface area (Å²) < 4.78 is 17.6. The lowest BCUT2D eigenvalue weighted by molar-refractivity contribution is -0.133. The topological polar surface area (TPSA) is 60.1 Å². The molecule has 0 saturated carbocycles. The van der Waals surface area contributed by atoms with Gasteiger partial charge in [-0.3, -0.25) is 9.59 Å². The fourth-order valence-electron chi connectivity index (χ4n) is 4.34. The summed E-state index contributed by atoms with van der Waals surface area (Å²) in [4.78, 5) is 29.1. The van der Waals surface area contributed by atoms with Crippen LogP contribution < -0.4 is 5.56 Å². The Labute approximate surface area is 182 Å². The first-order valence-electron chi connectivity index (χ1n) is 10.5. The molecule has 1 aromatic carbocycles. The van der Waals surface area contributed by atoms with Gasteiger partial charge in [-0.1, -0.05) is 12.1 Å². The number of carbonyl (C=O) groups excluding carboxylic acids is 1.